The lowest BCUT2D eigenvalue weighted by molar-refractivity contribution is 0.562. The second kappa shape index (κ2) is 6.20. The topological polar surface area (TPSA) is 63.6 Å². The van der Waals surface area contributed by atoms with Crippen LogP contribution < -0.4 is 0 Å². The summed E-state index contributed by atoms with van der Waals surface area (Å²) in [6.07, 6.45) is 1.75. The molecule has 1 rings (SSSR count). The van der Waals surface area contributed by atoms with Crippen LogP contribution in [0.5, 0.6) is 0 Å². The fourth-order valence-electron chi connectivity index (χ4n) is 1.31. The summed E-state index contributed by atoms with van der Waals surface area (Å²) in [6.45, 7) is 0.220. The fourth-order valence-corrected chi connectivity index (χ4v) is 2.72. The number of hydrogen-bond donors (Lipinski definition) is 0. The van der Waals surface area contributed by atoms with E-state index in [0.29, 0.717) is 6.42 Å². The van der Waals surface area contributed by atoms with E-state index in [2.05, 4.69) is 4.99 Å². The van der Waals surface area contributed by atoms with Gasteiger partial charge < -0.3 is 0 Å². The Morgan fingerprint density at radius 2 is 1.88 bits per heavy atom. The van der Waals surface area contributed by atoms with E-state index in [-0.39, 0.29) is 18.1 Å². The number of aliphatic imine (C=N–C) groups is 1. The highest BCUT2D eigenvalue weighted by Crippen LogP contribution is 2.07. The first kappa shape index (κ1) is 12.6. The van der Waals surface area contributed by atoms with Crippen LogP contribution >= 0.6 is 0 Å². The van der Waals surface area contributed by atoms with Gasteiger partial charge >= 0.3 is 0 Å². The highest BCUT2D eigenvalue weighted by Gasteiger charge is 2.10. The molecule has 0 spiro atoms. The minimum atomic E-state index is -3.10. The standard InChI is InChI=1S/C11H13NO3S/c13-10-12-7-4-8-16(14,15)9-11-5-2-1-3-6-11/h1-3,5-6H,4,7-9H2. The Morgan fingerprint density at radius 3 is 2.50 bits per heavy atom. The van der Waals surface area contributed by atoms with Crippen LogP contribution in [0.15, 0.2) is 35.3 Å². The summed E-state index contributed by atoms with van der Waals surface area (Å²) < 4.78 is 23.2. The van der Waals surface area contributed by atoms with Crippen molar-refractivity contribution >= 4 is 15.9 Å². The highest BCUT2D eigenvalue weighted by atomic mass is 32.2. The van der Waals surface area contributed by atoms with E-state index >= 15 is 0 Å². The van der Waals surface area contributed by atoms with Gasteiger partial charge in [0, 0.05) is 0 Å². The predicted molar refractivity (Wildman–Crippen MR) is 61.5 cm³/mol. The van der Waals surface area contributed by atoms with Crippen LogP contribution in [0.25, 0.3) is 0 Å². The van der Waals surface area contributed by atoms with Gasteiger partial charge in [-0.2, -0.15) is 0 Å². The van der Waals surface area contributed by atoms with Crippen molar-refractivity contribution in [3.8, 4) is 0 Å². The van der Waals surface area contributed by atoms with E-state index in [1.54, 1.807) is 12.1 Å². The smallest absolute Gasteiger partial charge is 0.228 e. The third-order valence-corrected chi connectivity index (χ3v) is 3.70. The van der Waals surface area contributed by atoms with Crippen LogP contribution in [-0.4, -0.2) is 26.8 Å². The monoisotopic (exact) mass is 239 g/mol. The molecular weight excluding hydrogens is 226 g/mol. The number of benzene rings is 1. The third kappa shape index (κ3) is 4.87. The molecule has 4 nitrogen and oxygen atoms in total. The number of carbonyl (C=O) groups excluding carboxylic acids is 1. The van der Waals surface area contributed by atoms with Crippen LogP contribution in [0.3, 0.4) is 0 Å². The molecule has 1 aromatic rings. The SMILES string of the molecule is O=C=NCCCS(=O)(=O)Cc1ccccc1. The summed E-state index contributed by atoms with van der Waals surface area (Å²) in [5.41, 5.74) is 0.779. The summed E-state index contributed by atoms with van der Waals surface area (Å²) in [5, 5.41) is 0. The molecule has 0 amide bonds. The van der Waals surface area contributed by atoms with E-state index < -0.39 is 9.84 Å². The predicted octanol–water partition coefficient (Wildman–Crippen LogP) is 1.33. The zero-order valence-corrected chi connectivity index (χ0v) is 9.61. The van der Waals surface area contributed by atoms with Crippen LogP contribution in [0.2, 0.25) is 0 Å². The summed E-state index contributed by atoms with van der Waals surface area (Å²) in [7, 11) is -3.10. The second-order valence-corrected chi connectivity index (χ2v) is 5.59. The van der Waals surface area contributed by atoms with E-state index in [9.17, 15) is 13.2 Å². The molecule has 0 heterocycles. The molecule has 0 aliphatic rings. The summed E-state index contributed by atoms with van der Waals surface area (Å²) >= 11 is 0. The maximum Gasteiger partial charge on any atom is 0.234 e. The van der Waals surface area contributed by atoms with Crippen molar-refractivity contribution in [1.82, 2.24) is 0 Å². The molecule has 0 aromatic heterocycles. The molecule has 86 valence electrons. The molecule has 0 saturated heterocycles. The van der Waals surface area contributed by atoms with Gasteiger partial charge in [0.05, 0.1) is 18.1 Å². The summed E-state index contributed by atoms with van der Waals surface area (Å²) in [4.78, 5) is 13.1. The number of nitrogens with zero attached hydrogens (tertiary/aromatic N) is 1. The van der Waals surface area contributed by atoms with E-state index in [4.69, 9.17) is 0 Å². The van der Waals surface area contributed by atoms with Crippen molar-refractivity contribution in [2.75, 3.05) is 12.3 Å². The van der Waals surface area contributed by atoms with Crippen molar-refractivity contribution in [3.63, 3.8) is 0 Å². The van der Waals surface area contributed by atoms with E-state index in [1.807, 2.05) is 18.2 Å². The maximum absolute atomic E-state index is 11.6. The number of isocyanates is 1. The van der Waals surface area contributed by atoms with Gasteiger partial charge in [0.1, 0.15) is 0 Å². The Hall–Kier alpha value is -1.45. The van der Waals surface area contributed by atoms with Gasteiger partial charge in [0.15, 0.2) is 9.84 Å². The van der Waals surface area contributed by atoms with Crippen molar-refractivity contribution in [1.29, 1.82) is 0 Å². The number of rotatable bonds is 6. The molecule has 1 aromatic carbocycles. The molecule has 16 heavy (non-hydrogen) atoms. The Balaban J connectivity index is 2.49. The molecule has 0 aliphatic carbocycles. The lowest BCUT2D eigenvalue weighted by Gasteiger charge is -2.02. The first-order valence-corrected chi connectivity index (χ1v) is 6.74. The van der Waals surface area contributed by atoms with Crippen LogP contribution in [0, 0.1) is 0 Å². The summed E-state index contributed by atoms with van der Waals surface area (Å²) in [5.74, 6) is 0.0890. The Morgan fingerprint density at radius 1 is 1.19 bits per heavy atom. The van der Waals surface area contributed by atoms with Crippen LogP contribution in [0.4, 0.5) is 0 Å². The summed E-state index contributed by atoms with van der Waals surface area (Å²) in [6, 6.07) is 9.01. The molecule has 0 fully saturated rings. The average Bonchev–Trinajstić information content (AvgIpc) is 2.25. The maximum atomic E-state index is 11.6. The number of hydrogen-bond acceptors (Lipinski definition) is 4. The minimum Gasteiger partial charge on any atom is -0.228 e. The van der Waals surface area contributed by atoms with Crippen molar-refractivity contribution < 1.29 is 13.2 Å². The van der Waals surface area contributed by atoms with Crippen molar-refractivity contribution in [3.05, 3.63) is 35.9 Å². The number of sulfone groups is 1. The Labute approximate surface area is 94.9 Å². The zero-order chi connectivity index (χ0) is 11.9. The van der Waals surface area contributed by atoms with E-state index in [1.165, 1.54) is 6.08 Å². The zero-order valence-electron chi connectivity index (χ0n) is 8.80. The molecule has 0 bridgehead atoms. The molecule has 0 atom stereocenters. The minimum absolute atomic E-state index is 0.0403. The third-order valence-electron chi connectivity index (χ3n) is 2.02. The normalized spacial score (nSPS) is 10.8. The van der Waals surface area contributed by atoms with Gasteiger partial charge in [0.25, 0.3) is 0 Å². The fraction of sp³-hybridized carbons (Fsp3) is 0.364. The van der Waals surface area contributed by atoms with E-state index in [0.717, 1.165) is 5.56 Å². The van der Waals surface area contributed by atoms with Gasteiger partial charge in [-0.3, -0.25) is 0 Å². The van der Waals surface area contributed by atoms with Gasteiger partial charge in [-0.25, -0.2) is 18.2 Å². The lowest BCUT2D eigenvalue weighted by atomic mass is 10.2. The van der Waals surface area contributed by atoms with Crippen LogP contribution in [0.1, 0.15) is 12.0 Å². The lowest BCUT2D eigenvalue weighted by Crippen LogP contribution is -2.10. The van der Waals surface area contributed by atoms with Crippen molar-refractivity contribution in [2.45, 2.75) is 12.2 Å². The Bertz CT molecular complexity index is 461. The highest BCUT2D eigenvalue weighted by molar-refractivity contribution is 7.90. The molecule has 0 N–H and O–H groups in total. The first-order valence-electron chi connectivity index (χ1n) is 4.92. The molecule has 0 unspecified atom stereocenters. The van der Waals surface area contributed by atoms with Gasteiger partial charge in [-0.15, -0.1) is 0 Å². The molecular formula is C11H13NO3S. The van der Waals surface area contributed by atoms with Crippen molar-refractivity contribution in [2.24, 2.45) is 4.99 Å². The average molecular weight is 239 g/mol. The quantitative estimate of drug-likeness (QED) is 0.427. The van der Waals surface area contributed by atoms with Gasteiger partial charge in [0.2, 0.25) is 6.08 Å². The molecule has 0 saturated carbocycles. The molecule has 0 radical (unpaired) electrons. The van der Waals surface area contributed by atoms with Gasteiger partial charge in [-0.05, 0) is 12.0 Å². The largest absolute Gasteiger partial charge is 0.234 e. The molecule has 5 heteroatoms. The second-order valence-electron chi connectivity index (χ2n) is 3.40. The Kier molecular flexibility index (Phi) is 4.89. The first-order chi connectivity index (χ1) is 7.64. The van der Waals surface area contributed by atoms with Crippen LogP contribution in [-0.2, 0) is 20.4 Å². The molecule has 0 aliphatic heterocycles. The van der Waals surface area contributed by atoms with Gasteiger partial charge in [-0.1, -0.05) is 30.3 Å².